The molecule has 0 unspecified atom stereocenters. The normalized spacial score (nSPS) is 15.8. The van der Waals surface area contributed by atoms with Crippen LogP contribution < -0.4 is 4.68 Å². The number of aromatic nitrogens is 2. The van der Waals surface area contributed by atoms with Crippen LogP contribution in [-0.2, 0) is 17.9 Å². The summed E-state index contributed by atoms with van der Waals surface area (Å²) in [6, 6.07) is 24.7. The van der Waals surface area contributed by atoms with Gasteiger partial charge >= 0.3 is 0 Å². The molecule has 0 aliphatic carbocycles. The molecule has 0 saturated heterocycles. The highest BCUT2D eigenvalue weighted by molar-refractivity contribution is 5.83. The third kappa shape index (κ3) is 2.96. The maximum absolute atomic E-state index is 2.51. The van der Waals surface area contributed by atoms with Crippen molar-refractivity contribution in [3.05, 3.63) is 94.7 Å². The van der Waals surface area contributed by atoms with Gasteiger partial charge in [0.05, 0.1) is 5.56 Å². The third-order valence-corrected chi connectivity index (χ3v) is 8.14. The summed E-state index contributed by atoms with van der Waals surface area (Å²) in [6.45, 7) is 16.3. The summed E-state index contributed by atoms with van der Waals surface area (Å²) >= 11 is 0. The zero-order valence-electron chi connectivity index (χ0n) is 21.2. The first-order chi connectivity index (χ1) is 15.6. The SMILES string of the molecule is Cc1cc(C)cc(-c2c(-c3ccccc3)c3n([n+]2C)-c2c(C)cccc2C(C)(C)C3(C)C)c1. The summed E-state index contributed by atoms with van der Waals surface area (Å²) in [4.78, 5) is 0. The summed E-state index contributed by atoms with van der Waals surface area (Å²) in [6.07, 6.45) is 0. The van der Waals surface area contributed by atoms with Gasteiger partial charge in [-0.3, -0.25) is 0 Å². The van der Waals surface area contributed by atoms with Crippen LogP contribution in [0.1, 0.15) is 55.6 Å². The van der Waals surface area contributed by atoms with E-state index in [9.17, 15) is 0 Å². The first-order valence-electron chi connectivity index (χ1n) is 12.0. The Morgan fingerprint density at radius 3 is 1.97 bits per heavy atom. The van der Waals surface area contributed by atoms with Crippen LogP contribution in [0.15, 0.2) is 66.7 Å². The number of nitrogens with zero attached hydrogens (tertiary/aromatic N) is 2. The van der Waals surface area contributed by atoms with Crippen molar-refractivity contribution in [1.82, 2.24) is 4.68 Å². The number of hydrogen-bond acceptors (Lipinski definition) is 0. The molecule has 1 aromatic heterocycles. The van der Waals surface area contributed by atoms with E-state index in [0.717, 1.165) is 0 Å². The molecule has 0 bridgehead atoms. The van der Waals surface area contributed by atoms with Crippen molar-refractivity contribution in [2.24, 2.45) is 7.05 Å². The summed E-state index contributed by atoms with van der Waals surface area (Å²) in [5.41, 5.74) is 13.1. The van der Waals surface area contributed by atoms with Crippen molar-refractivity contribution in [1.29, 1.82) is 0 Å². The number of rotatable bonds is 2. The molecule has 1 aliphatic heterocycles. The van der Waals surface area contributed by atoms with Gasteiger partial charge in [-0.2, -0.15) is 0 Å². The van der Waals surface area contributed by atoms with Gasteiger partial charge in [-0.1, -0.05) is 93.4 Å². The minimum absolute atomic E-state index is 0.0287. The largest absolute Gasteiger partial charge is 0.246 e. The molecule has 0 amide bonds. The Balaban J connectivity index is 2.02. The van der Waals surface area contributed by atoms with Crippen LogP contribution >= 0.6 is 0 Å². The van der Waals surface area contributed by atoms with E-state index in [1.807, 2.05) is 0 Å². The van der Waals surface area contributed by atoms with E-state index in [4.69, 9.17) is 0 Å². The Morgan fingerprint density at radius 2 is 1.33 bits per heavy atom. The zero-order chi connectivity index (χ0) is 23.7. The van der Waals surface area contributed by atoms with E-state index in [1.165, 1.54) is 56.0 Å². The Labute approximate surface area is 198 Å². The standard InChI is InChI=1S/C31H35N2/c1-20-17-21(2)19-24(18-20)28-26(23-14-10-9-11-15-23)29-31(6,7)30(4,5)25-16-12-13-22(3)27(25)33(29)32(28)8/h9-19H,1-8H3/q+1. The fourth-order valence-electron chi connectivity index (χ4n) is 5.87. The predicted octanol–water partition coefficient (Wildman–Crippen LogP) is 7.13. The minimum Gasteiger partial charge on any atom is -0.123 e. The monoisotopic (exact) mass is 435 g/mol. The van der Waals surface area contributed by atoms with Crippen LogP contribution in [0.5, 0.6) is 0 Å². The summed E-state index contributed by atoms with van der Waals surface area (Å²) in [5.74, 6) is 0. The summed E-state index contributed by atoms with van der Waals surface area (Å²) in [5, 5.41) is 0. The van der Waals surface area contributed by atoms with Crippen LogP contribution in [0.4, 0.5) is 0 Å². The highest BCUT2D eigenvalue weighted by Crippen LogP contribution is 2.54. The number of para-hydroxylation sites is 1. The van der Waals surface area contributed by atoms with Crippen molar-refractivity contribution in [2.45, 2.75) is 59.3 Å². The number of hydrogen-bond donors (Lipinski definition) is 0. The van der Waals surface area contributed by atoms with Gasteiger partial charge in [0.2, 0.25) is 5.69 Å². The van der Waals surface area contributed by atoms with Crippen LogP contribution in [-0.4, -0.2) is 4.68 Å². The first-order valence-corrected chi connectivity index (χ1v) is 12.0. The summed E-state index contributed by atoms with van der Waals surface area (Å²) < 4.78 is 4.90. The van der Waals surface area contributed by atoms with E-state index in [0.29, 0.717) is 0 Å². The molecule has 0 saturated carbocycles. The fourth-order valence-corrected chi connectivity index (χ4v) is 5.87. The Kier molecular flexibility index (Phi) is 4.72. The van der Waals surface area contributed by atoms with Crippen molar-refractivity contribution in [2.75, 3.05) is 0 Å². The maximum Gasteiger partial charge on any atom is 0.246 e. The van der Waals surface area contributed by atoms with Gasteiger partial charge in [0.1, 0.15) is 11.4 Å². The third-order valence-electron chi connectivity index (χ3n) is 8.14. The lowest BCUT2D eigenvalue weighted by molar-refractivity contribution is -0.735. The average Bonchev–Trinajstić information content (AvgIpc) is 3.06. The van der Waals surface area contributed by atoms with Crippen molar-refractivity contribution >= 4 is 0 Å². The highest BCUT2D eigenvalue weighted by atomic mass is 15.4. The topological polar surface area (TPSA) is 8.81 Å². The van der Waals surface area contributed by atoms with Gasteiger partial charge in [-0.05, 0) is 49.6 Å². The lowest BCUT2D eigenvalue weighted by Crippen LogP contribution is -2.51. The Hall–Kier alpha value is -3.13. The lowest BCUT2D eigenvalue weighted by atomic mass is 9.59. The highest BCUT2D eigenvalue weighted by Gasteiger charge is 2.52. The Bertz CT molecular complexity index is 1360. The smallest absolute Gasteiger partial charge is 0.123 e. The molecule has 33 heavy (non-hydrogen) atoms. The molecule has 4 aromatic rings. The minimum atomic E-state index is -0.0894. The van der Waals surface area contributed by atoms with E-state index in [2.05, 4.69) is 132 Å². The Morgan fingerprint density at radius 1 is 0.697 bits per heavy atom. The number of benzene rings is 3. The van der Waals surface area contributed by atoms with Crippen LogP contribution in [0.2, 0.25) is 0 Å². The molecule has 1 aliphatic rings. The first kappa shape index (κ1) is 21.7. The number of aryl methyl sites for hydroxylation is 3. The molecular weight excluding hydrogens is 400 g/mol. The van der Waals surface area contributed by atoms with E-state index >= 15 is 0 Å². The molecule has 0 fully saturated rings. The van der Waals surface area contributed by atoms with Crippen molar-refractivity contribution < 1.29 is 4.68 Å². The van der Waals surface area contributed by atoms with E-state index in [-0.39, 0.29) is 10.8 Å². The zero-order valence-corrected chi connectivity index (χ0v) is 21.2. The van der Waals surface area contributed by atoms with Crippen LogP contribution in [0.25, 0.3) is 28.1 Å². The molecule has 0 N–H and O–H groups in total. The molecule has 5 rings (SSSR count). The molecule has 0 radical (unpaired) electrons. The molecule has 0 spiro atoms. The molecule has 3 aromatic carbocycles. The van der Waals surface area contributed by atoms with Gasteiger partial charge in [0, 0.05) is 16.4 Å². The quantitative estimate of drug-likeness (QED) is 0.296. The molecule has 2 nitrogen and oxygen atoms in total. The molecule has 2 heterocycles. The molecule has 2 heteroatoms. The van der Waals surface area contributed by atoms with Gasteiger partial charge in [0.15, 0.2) is 7.05 Å². The molecule has 168 valence electrons. The maximum atomic E-state index is 2.51. The van der Waals surface area contributed by atoms with Crippen LogP contribution in [0.3, 0.4) is 0 Å². The van der Waals surface area contributed by atoms with E-state index in [1.54, 1.807) is 0 Å². The van der Waals surface area contributed by atoms with Gasteiger partial charge in [-0.25, -0.2) is 0 Å². The molecule has 0 atom stereocenters. The second-order valence-electron chi connectivity index (χ2n) is 10.9. The number of fused-ring (bicyclic) bond motifs is 3. The lowest BCUT2D eigenvalue weighted by Gasteiger charge is -2.46. The van der Waals surface area contributed by atoms with Gasteiger partial charge < -0.3 is 0 Å². The second kappa shape index (κ2) is 7.18. The average molecular weight is 436 g/mol. The van der Waals surface area contributed by atoms with Crippen molar-refractivity contribution in [3.8, 4) is 28.1 Å². The fraction of sp³-hybridized carbons (Fsp3) is 0.323. The summed E-state index contributed by atoms with van der Waals surface area (Å²) in [7, 11) is 2.23. The van der Waals surface area contributed by atoms with Gasteiger partial charge in [0.25, 0.3) is 0 Å². The second-order valence-corrected chi connectivity index (χ2v) is 10.9. The van der Waals surface area contributed by atoms with Crippen LogP contribution in [0, 0.1) is 20.8 Å². The molecular formula is C31H35N2+. The van der Waals surface area contributed by atoms with E-state index < -0.39 is 0 Å². The predicted molar refractivity (Wildman–Crippen MR) is 138 cm³/mol. The van der Waals surface area contributed by atoms with Gasteiger partial charge in [-0.15, -0.1) is 9.36 Å². The van der Waals surface area contributed by atoms with Crippen molar-refractivity contribution in [3.63, 3.8) is 0 Å².